The first-order valence-corrected chi connectivity index (χ1v) is 8.52. The number of aromatic nitrogens is 4. The summed E-state index contributed by atoms with van der Waals surface area (Å²) in [4.78, 5) is 12.2. The van der Waals surface area contributed by atoms with Crippen molar-refractivity contribution in [2.75, 3.05) is 0 Å². The Balaban J connectivity index is 2.20. The number of hydrogen-bond donors (Lipinski definition) is 0. The summed E-state index contributed by atoms with van der Waals surface area (Å²) >= 11 is 6.13. The number of benzene rings is 1. The Labute approximate surface area is 150 Å². The first-order chi connectivity index (χ1) is 11.9. The molecule has 1 aromatic carbocycles. The minimum Gasteiger partial charge on any atom is -0.458 e. The number of rotatable bonds is 4. The van der Waals surface area contributed by atoms with Gasteiger partial charge >= 0.3 is 5.97 Å². The molecule has 3 rings (SSSR count). The number of halogens is 1. The second kappa shape index (κ2) is 6.80. The zero-order valence-electron chi connectivity index (χ0n) is 14.6. The molecule has 6 nitrogen and oxygen atoms in total. The molecule has 0 aliphatic rings. The van der Waals surface area contributed by atoms with E-state index in [2.05, 4.69) is 15.3 Å². The van der Waals surface area contributed by atoms with Gasteiger partial charge in [0.25, 0.3) is 0 Å². The highest BCUT2D eigenvalue weighted by Gasteiger charge is 2.22. The van der Waals surface area contributed by atoms with Crippen molar-refractivity contribution in [3.8, 4) is 11.1 Å². The molecule has 2 aromatic heterocycles. The van der Waals surface area contributed by atoms with Crippen LogP contribution in [0.5, 0.6) is 0 Å². The van der Waals surface area contributed by atoms with Gasteiger partial charge in [0.15, 0.2) is 11.3 Å². The highest BCUT2D eigenvalue weighted by Crippen LogP contribution is 2.30. The van der Waals surface area contributed by atoms with Gasteiger partial charge < -0.3 is 4.74 Å². The normalized spacial score (nSPS) is 11.3. The molecular weight excluding hydrogens is 340 g/mol. The molecule has 0 amide bonds. The average molecular weight is 359 g/mol. The lowest BCUT2D eigenvalue weighted by Crippen LogP contribution is -2.17. The van der Waals surface area contributed by atoms with Crippen LogP contribution in [0.25, 0.3) is 16.8 Å². The highest BCUT2D eigenvalue weighted by atomic mass is 35.5. The van der Waals surface area contributed by atoms with E-state index in [0.29, 0.717) is 16.4 Å². The largest absolute Gasteiger partial charge is 0.458 e. The van der Waals surface area contributed by atoms with Crippen molar-refractivity contribution in [1.82, 2.24) is 19.8 Å². The van der Waals surface area contributed by atoms with Crippen LogP contribution < -0.4 is 0 Å². The van der Waals surface area contributed by atoms with E-state index in [-0.39, 0.29) is 11.8 Å². The summed E-state index contributed by atoms with van der Waals surface area (Å²) in [5, 5.41) is 13.6. The Bertz CT molecular complexity index is 950. The fourth-order valence-corrected chi connectivity index (χ4v) is 2.89. The monoisotopic (exact) mass is 358 g/mol. The van der Waals surface area contributed by atoms with Crippen molar-refractivity contribution >= 4 is 23.2 Å². The molecule has 3 aromatic rings. The van der Waals surface area contributed by atoms with E-state index in [1.807, 2.05) is 31.2 Å². The molecule has 0 bridgehead atoms. The highest BCUT2D eigenvalue weighted by molar-refractivity contribution is 6.30. The average Bonchev–Trinajstić information content (AvgIpc) is 2.94. The van der Waals surface area contributed by atoms with Gasteiger partial charge in [-0.05, 0) is 44.9 Å². The maximum atomic E-state index is 12.2. The molecule has 0 spiro atoms. The van der Waals surface area contributed by atoms with Crippen LogP contribution in [0.3, 0.4) is 0 Å². The van der Waals surface area contributed by atoms with Gasteiger partial charge in [0.2, 0.25) is 0 Å². The molecular formula is C18H19ClN4O2. The van der Waals surface area contributed by atoms with Gasteiger partial charge in [0.05, 0.1) is 23.1 Å². The van der Waals surface area contributed by atoms with E-state index in [1.165, 1.54) is 0 Å². The summed E-state index contributed by atoms with van der Waals surface area (Å²) in [6.45, 7) is 7.39. The van der Waals surface area contributed by atoms with Crippen molar-refractivity contribution < 1.29 is 9.53 Å². The predicted molar refractivity (Wildman–Crippen MR) is 95.9 cm³/mol. The minimum absolute atomic E-state index is 0.170. The maximum absolute atomic E-state index is 12.2. The summed E-state index contributed by atoms with van der Waals surface area (Å²) in [6, 6.07) is 7.53. The van der Waals surface area contributed by atoms with Gasteiger partial charge in [0, 0.05) is 5.02 Å². The standard InChI is InChI=1S/C18H19ClN4O2/c1-5-14-15(12-7-6-8-13(19)9-12)17-21-20-16(11(4)23(17)22-14)18(24)25-10(2)3/h6-10H,5H2,1-4H3. The van der Waals surface area contributed by atoms with Crippen LogP contribution in [-0.2, 0) is 11.2 Å². The summed E-state index contributed by atoms with van der Waals surface area (Å²) in [6.07, 6.45) is 0.492. The smallest absolute Gasteiger partial charge is 0.361 e. The molecule has 0 saturated heterocycles. The van der Waals surface area contributed by atoms with E-state index in [1.54, 1.807) is 25.3 Å². The van der Waals surface area contributed by atoms with Crippen LogP contribution in [0, 0.1) is 6.92 Å². The van der Waals surface area contributed by atoms with E-state index in [9.17, 15) is 4.79 Å². The number of ether oxygens (including phenoxy) is 1. The first-order valence-electron chi connectivity index (χ1n) is 8.14. The van der Waals surface area contributed by atoms with Gasteiger partial charge in [-0.1, -0.05) is 30.7 Å². The number of carbonyl (C=O) groups is 1. The number of aryl methyl sites for hydroxylation is 2. The van der Waals surface area contributed by atoms with Crippen LogP contribution in [0.2, 0.25) is 5.02 Å². The van der Waals surface area contributed by atoms with E-state index in [0.717, 1.165) is 23.2 Å². The van der Waals surface area contributed by atoms with Gasteiger partial charge in [-0.15, -0.1) is 10.2 Å². The van der Waals surface area contributed by atoms with Crippen LogP contribution >= 0.6 is 11.6 Å². The molecule has 0 aliphatic heterocycles. The Morgan fingerprint density at radius 1 is 1.32 bits per heavy atom. The van der Waals surface area contributed by atoms with Crippen molar-refractivity contribution in [3.63, 3.8) is 0 Å². The fraction of sp³-hybridized carbons (Fsp3) is 0.333. The number of nitrogens with zero attached hydrogens (tertiary/aromatic N) is 4. The second-order valence-electron chi connectivity index (χ2n) is 6.01. The summed E-state index contributed by atoms with van der Waals surface area (Å²) in [5.41, 5.74) is 4.03. The van der Waals surface area contributed by atoms with Gasteiger partial charge in [-0.2, -0.15) is 5.10 Å². The van der Waals surface area contributed by atoms with Crippen molar-refractivity contribution in [1.29, 1.82) is 0 Å². The Morgan fingerprint density at radius 2 is 2.08 bits per heavy atom. The van der Waals surface area contributed by atoms with Crippen LogP contribution in [0.15, 0.2) is 24.3 Å². The Hall–Kier alpha value is -2.47. The lowest BCUT2D eigenvalue weighted by atomic mass is 10.0. The fourth-order valence-electron chi connectivity index (χ4n) is 2.69. The van der Waals surface area contributed by atoms with Gasteiger partial charge in [-0.25, -0.2) is 9.31 Å². The zero-order valence-corrected chi connectivity index (χ0v) is 15.3. The van der Waals surface area contributed by atoms with Gasteiger partial charge in [-0.3, -0.25) is 0 Å². The first kappa shape index (κ1) is 17.4. The van der Waals surface area contributed by atoms with Crippen LogP contribution in [-0.4, -0.2) is 31.9 Å². The molecule has 0 saturated carbocycles. The van der Waals surface area contributed by atoms with Crippen LogP contribution in [0.4, 0.5) is 0 Å². The summed E-state index contributed by atoms with van der Waals surface area (Å²) in [7, 11) is 0. The molecule has 2 heterocycles. The lowest BCUT2D eigenvalue weighted by molar-refractivity contribution is 0.0367. The summed E-state index contributed by atoms with van der Waals surface area (Å²) < 4.78 is 6.88. The van der Waals surface area contributed by atoms with Gasteiger partial charge in [0.1, 0.15) is 0 Å². The number of hydrogen-bond acceptors (Lipinski definition) is 5. The molecule has 7 heteroatoms. The summed E-state index contributed by atoms with van der Waals surface area (Å²) in [5.74, 6) is -0.500. The third-order valence-corrected chi connectivity index (χ3v) is 4.06. The minimum atomic E-state index is -0.500. The molecule has 25 heavy (non-hydrogen) atoms. The number of carbonyl (C=O) groups excluding carboxylic acids is 1. The number of esters is 1. The third kappa shape index (κ3) is 3.22. The molecule has 0 aliphatic carbocycles. The number of fused-ring (bicyclic) bond motifs is 1. The topological polar surface area (TPSA) is 69.4 Å². The molecule has 0 atom stereocenters. The molecule has 0 unspecified atom stereocenters. The Morgan fingerprint density at radius 3 is 2.72 bits per heavy atom. The van der Waals surface area contributed by atoms with E-state index in [4.69, 9.17) is 16.3 Å². The van der Waals surface area contributed by atoms with Crippen molar-refractivity contribution in [2.24, 2.45) is 0 Å². The molecule has 0 N–H and O–H groups in total. The molecule has 0 fully saturated rings. The van der Waals surface area contributed by atoms with E-state index >= 15 is 0 Å². The maximum Gasteiger partial charge on any atom is 0.361 e. The SMILES string of the molecule is CCc1nn2c(C)c(C(=O)OC(C)C)nnc2c1-c1cccc(Cl)c1. The van der Waals surface area contributed by atoms with Crippen LogP contribution in [0.1, 0.15) is 42.6 Å². The Kier molecular flexibility index (Phi) is 4.72. The third-order valence-electron chi connectivity index (χ3n) is 3.82. The van der Waals surface area contributed by atoms with E-state index < -0.39 is 5.97 Å². The second-order valence-corrected chi connectivity index (χ2v) is 6.45. The lowest BCUT2D eigenvalue weighted by Gasteiger charge is -2.09. The predicted octanol–water partition coefficient (Wildman–Crippen LogP) is 3.88. The van der Waals surface area contributed by atoms with Crippen molar-refractivity contribution in [2.45, 2.75) is 40.2 Å². The zero-order chi connectivity index (χ0) is 18.1. The quantitative estimate of drug-likeness (QED) is 0.662. The molecule has 130 valence electrons. The van der Waals surface area contributed by atoms with Crippen molar-refractivity contribution in [3.05, 3.63) is 46.4 Å². The molecule has 0 radical (unpaired) electrons.